The quantitative estimate of drug-likeness (QED) is 0.271. The average Bonchev–Trinajstić information content (AvgIpc) is 2.16. The molecule has 78 valence electrons. The Balaban J connectivity index is 3.65. The lowest BCUT2D eigenvalue weighted by atomic mass is 10.1. The minimum absolute atomic E-state index is 0.0997. The maximum atomic E-state index is 11.1. The van der Waals surface area contributed by atoms with Gasteiger partial charge in [0.05, 0.1) is 0 Å². The summed E-state index contributed by atoms with van der Waals surface area (Å²) in [6.45, 7) is 5.83. The minimum atomic E-state index is 0.0997. The van der Waals surface area contributed by atoms with Crippen molar-refractivity contribution in [1.82, 2.24) is 0 Å². The van der Waals surface area contributed by atoms with Crippen molar-refractivity contribution < 1.29 is 4.79 Å². The molecule has 0 heterocycles. The molecule has 0 unspecified atom stereocenters. The zero-order valence-electron chi connectivity index (χ0n) is 9.36. The Morgan fingerprint density at radius 2 is 1.79 bits per heavy atom. The predicted octanol–water partition coefficient (Wildman–Crippen LogP) is 3.68. The first-order chi connectivity index (χ1) is 6.68. The van der Waals surface area contributed by atoms with Crippen molar-refractivity contribution in [2.75, 3.05) is 0 Å². The number of unbranched alkanes of at least 4 members (excludes halogenated alkanes) is 1. The number of ketones is 1. The Labute approximate surface area is 87.2 Å². The third-order valence-corrected chi connectivity index (χ3v) is 1.81. The van der Waals surface area contributed by atoms with E-state index in [-0.39, 0.29) is 11.7 Å². The van der Waals surface area contributed by atoms with Gasteiger partial charge in [0.1, 0.15) is 0 Å². The zero-order chi connectivity index (χ0) is 10.8. The second-order valence-corrected chi connectivity index (χ2v) is 3.49. The lowest BCUT2D eigenvalue weighted by molar-refractivity contribution is -0.117. The molecule has 1 heteroatoms. The molecule has 0 amide bonds. The fourth-order valence-corrected chi connectivity index (χ4v) is 0.877. The van der Waals surface area contributed by atoms with Crippen molar-refractivity contribution in [3.63, 3.8) is 0 Å². The van der Waals surface area contributed by atoms with E-state index in [4.69, 9.17) is 0 Å². The van der Waals surface area contributed by atoms with Crippen molar-refractivity contribution in [1.29, 1.82) is 0 Å². The van der Waals surface area contributed by atoms with E-state index in [1.807, 2.05) is 39.0 Å². The molecule has 1 nitrogen and oxygen atoms in total. The minimum Gasteiger partial charge on any atom is -0.295 e. The Hall–Kier alpha value is -1.11. The van der Waals surface area contributed by atoms with Gasteiger partial charge in [-0.05, 0) is 25.8 Å². The van der Waals surface area contributed by atoms with E-state index in [2.05, 4.69) is 12.2 Å². The SMILES string of the molecule is CC=CCCC=CC=CC(=O)C(C)C. The normalized spacial score (nSPS) is 12.6. The van der Waals surface area contributed by atoms with Gasteiger partial charge in [0.15, 0.2) is 5.78 Å². The molecule has 0 fully saturated rings. The highest BCUT2D eigenvalue weighted by Crippen LogP contribution is 1.96. The number of allylic oxidation sites excluding steroid dienone is 6. The summed E-state index contributed by atoms with van der Waals surface area (Å²) in [5, 5.41) is 0. The van der Waals surface area contributed by atoms with Gasteiger partial charge in [-0.25, -0.2) is 0 Å². The van der Waals surface area contributed by atoms with Crippen molar-refractivity contribution >= 4 is 5.78 Å². The van der Waals surface area contributed by atoms with Crippen molar-refractivity contribution in [3.05, 3.63) is 36.5 Å². The highest BCUT2D eigenvalue weighted by atomic mass is 16.1. The number of rotatable bonds is 6. The molecule has 0 saturated carbocycles. The second kappa shape index (κ2) is 8.49. The molecule has 0 rings (SSSR count). The molecular weight excluding hydrogens is 172 g/mol. The third kappa shape index (κ3) is 7.53. The van der Waals surface area contributed by atoms with Gasteiger partial charge in [-0.3, -0.25) is 4.79 Å². The van der Waals surface area contributed by atoms with Crippen LogP contribution in [0.25, 0.3) is 0 Å². The maximum absolute atomic E-state index is 11.1. The van der Waals surface area contributed by atoms with E-state index >= 15 is 0 Å². The summed E-state index contributed by atoms with van der Waals surface area (Å²) in [5.41, 5.74) is 0. The van der Waals surface area contributed by atoms with Gasteiger partial charge < -0.3 is 0 Å². The van der Waals surface area contributed by atoms with Crippen molar-refractivity contribution in [2.24, 2.45) is 5.92 Å². The molecule has 0 aromatic rings. The molecule has 0 saturated heterocycles. The Kier molecular flexibility index (Phi) is 7.81. The first kappa shape index (κ1) is 12.9. The molecule has 0 atom stereocenters. The first-order valence-electron chi connectivity index (χ1n) is 5.16. The third-order valence-electron chi connectivity index (χ3n) is 1.81. The highest BCUT2D eigenvalue weighted by Gasteiger charge is 1.99. The monoisotopic (exact) mass is 192 g/mol. The lowest BCUT2D eigenvalue weighted by Gasteiger charge is -1.94. The first-order valence-corrected chi connectivity index (χ1v) is 5.16. The van der Waals surface area contributed by atoms with Crippen molar-refractivity contribution in [3.8, 4) is 0 Å². The van der Waals surface area contributed by atoms with Gasteiger partial charge in [0.2, 0.25) is 0 Å². The van der Waals surface area contributed by atoms with Crippen LogP contribution in [0.15, 0.2) is 36.5 Å². The van der Waals surface area contributed by atoms with Crippen LogP contribution in [-0.2, 0) is 4.79 Å². The number of hydrogen-bond acceptors (Lipinski definition) is 1. The van der Waals surface area contributed by atoms with Crippen molar-refractivity contribution in [2.45, 2.75) is 33.6 Å². The lowest BCUT2D eigenvalue weighted by Crippen LogP contribution is -2.01. The van der Waals surface area contributed by atoms with Gasteiger partial charge in [-0.1, -0.05) is 44.2 Å². The summed E-state index contributed by atoms with van der Waals surface area (Å²) < 4.78 is 0. The molecule has 0 aromatic heterocycles. The summed E-state index contributed by atoms with van der Waals surface area (Å²) in [5.74, 6) is 0.283. The van der Waals surface area contributed by atoms with Crippen LogP contribution < -0.4 is 0 Å². The van der Waals surface area contributed by atoms with Crippen LogP contribution in [0.1, 0.15) is 33.6 Å². The van der Waals surface area contributed by atoms with Crippen LogP contribution >= 0.6 is 0 Å². The van der Waals surface area contributed by atoms with Crippen LogP contribution in [0.3, 0.4) is 0 Å². The largest absolute Gasteiger partial charge is 0.295 e. The molecule has 0 radical (unpaired) electrons. The van der Waals surface area contributed by atoms with E-state index in [1.54, 1.807) is 6.08 Å². The fraction of sp³-hybridized carbons (Fsp3) is 0.462. The number of carbonyl (C=O) groups is 1. The number of hydrogen-bond donors (Lipinski definition) is 0. The zero-order valence-corrected chi connectivity index (χ0v) is 9.36. The Bertz CT molecular complexity index is 232. The standard InChI is InChI=1S/C13H20O/c1-4-5-6-7-8-9-10-11-13(14)12(2)3/h4-5,8-12H,6-7H2,1-3H3. The molecule has 0 aliphatic heterocycles. The predicted molar refractivity (Wildman–Crippen MR) is 62.2 cm³/mol. The smallest absolute Gasteiger partial charge is 0.158 e. The summed E-state index contributed by atoms with van der Waals surface area (Å²) in [4.78, 5) is 11.1. The molecule has 0 aliphatic carbocycles. The van der Waals surface area contributed by atoms with Gasteiger partial charge in [-0.15, -0.1) is 0 Å². The van der Waals surface area contributed by atoms with Gasteiger partial charge in [0.25, 0.3) is 0 Å². The summed E-state index contributed by atoms with van der Waals surface area (Å²) in [6.07, 6.45) is 13.7. The van der Waals surface area contributed by atoms with Crippen LogP contribution in [0.4, 0.5) is 0 Å². The van der Waals surface area contributed by atoms with E-state index in [0.29, 0.717) is 0 Å². The fourth-order valence-electron chi connectivity index (χ4n) is 0.877. The summed E-state index contributed by atoms with van der Waals surface area (Å²) in [7, 11) is 0. The van der Waals surface area contributed by atoms with Crippen LogP contribution in [0.2, 0.25) is 0 Å². The molecule has 0 aromatic carbocycles. The van der Waals surface area contributed by atoms with E-state index in [1.165, 1.54) is 0 Å². The number of carbonyl (C=O) groups excluding carboxylic acids is 1. The second-order valence-electron chi connectivity index (χ2n) is 3.49. The van der Waals surface area contributed by atoms with E-state index < -0.39 is 0 Å². The Morgan fingerprint density at radius 3 is 2.36 bits per heavy atom. The van der Waals surface area contributed by atoms with E-state index in [0.717, 1.165) is 12.8 Å². The van der Waals surface area contributed by atoms with Crippen LogP contribution in [0, 0.1) is 5.92 Å². The van der Waals surface area contributed by atoms with Gasteiger partial charge in [-0.2, -0.15) is 0 Å². The molecular formula is C13H20O. The van der Waals surface area contributed by atoms with E-state index in [9.17, 15) is 4.79 Å². The summed E-state index contributed by atoms with van der Waals surface area (Å²) >= 11 is 0. The highest BCUT2D eigenvalue weighted by molar-refractivity contribution is 5.91. The maximum Gasteiger partial charge on any atom is 0.158 e. The van der Waals surface area contributed by atoms with Gasteiger partial charge >= 0.3 is 0 Å². The molecule has 14 heavy (non-hydrogen) atoms. The van der Waals surface area contributed by atoms with Gasteiger partial charge in [0, 0.05) is 5.92 Å². The topological polar surface area (TPSA) is 17.1 Å². The Morgan fingerprint density at radius 1 is 1.14 bits per heavy atom. The van der Waals surface area contributed by atoms with Crippen LogP contribution in [-0.4, -0.2) is 5.78 Å². The summed E-state index contributed by atoms with van der Waals surface area (Å²) in [6, 6.07) is 0. The molecule has 0 aliphatic rings. The average molecular weight is 192 g/mol. The molecule has 0 spiro atoms. The molecule has 0 N–H and O–H groups in total. The van der Waals surface area contributed by atoms with Crippen LogP contribution in [0.5, 0.6) is 0 Å². The molecule has 0 bridgehead atoms.